The summed E-state index contributed by atoms with van der Waals surface area (Å²) in [5.74, 6) is 0.712. The Labute approximate surface area is 97.3 Å². The molecule has 0 aromatic carbocycles. The molecule has 88 valence electrons. The summed E-state index contributed by atoms with van der Waals surface area (Å²) in [5, 5.41) is 9.36. The Hall–Kier alpha value is -1.22. The highest BCUT2D eigenvalue weighted by Crippen LogP contribution is 2.24. The number of rotatable bonds is 4. The van der Waals surface area contributed by atoms with E-state index in [-0.39, 0.29) is 11.5 Å². The highest BCUT2D eigenvalue weighted by atomic mass is 16.3. The van der Waals surface area contributed by atoms with Gasteiger partial charge in [-0.3, -0.25) is 0 Å². The highest BCUT2D eigenvalue weighted by Gasteiger charge is 2.16. The molecule has 0 aliphatic rings. The van der Waals surface area contributed by atoms with Crippen LogP contribution in [0.15, 0.2) is 18.5 Å². The number of nitrogens with zero attached hydrogens (tertiary/aromatic N) is 2. The molecule has 0 spiro atoms. The Morgan fingerprint density at radius 1 is 1.38 bits per heavy atom. The Bertz CT molecular complexity index is 353. The molecule has 3 heteroatoms. The first-order valence-corrected chi connectivity index (χ1v) is 5.55. The van der Waals surface area contributed by atoms with Gasteiger partial charge in [0.05, 0.1) is 6.10 Å². The molecule has 16 heavy (non-hydrogen) atoms. The third-order valence-electron chi connectivity index (χ3n) is 2.31. The van der Waals surface area contributed by atoms with Gasteiger partial charge >= 0.3 is 0 Å². The monoisotopic (exact) mass is 220 g/mol. The SMILES string of the molecule is Cc1cnc(/C=C/C(C)(C)CC(C)O)nc1. The molecule has 1 atom stereocenters. The van der Waals surface area contributed by atoms with E-state index < -0.39 is 0 Å². The lowest BCUT2D eigenvalue weighted by molar-refractivity contribution is 0.149. The summed E-state index contributed by atoms with van der Waals surface area (Å²) in [6.07, 6.45) is 7.99. The zero-order valence-electron chi connectivity index (χ0n) is 10.4. The van der Waals surface area contributed by atoms with E-state index in [0.717, 1.165) is 12.0 Å². The van der Waals surface area contributed by atoms with Crippen molar-refractivity contribution in [1.29, 1.82) is 0 Å². The average Bonchev–Trinajstić information content (AvgIpc) is 2.15. The highest BCUT2D eigenvalue weighted by molar-refractivity contribution is 5.40. The molecule has 0 fully saturated rings. The molecule has 1 aromatic heterocycles. The van der Waals surface area contributed by atoms with E-state index >= 15 is 0 Å². The van der Waals surface area contributed by atoms with Crippen LogP contribution in [0.2, 0.25) is 0 Å². The zero-order valence-corrected chi connectivity index (χ0v) is 10.4. The van der Waals surface area contributed by atoms with E-state index in [4.69, 9.17) is 0 Å². The van der Waals surface area contributed by atoms with Crippen LogP contribution in [-0.4, -0.2) is 21.2 Å². The van der Waals surface area contributed by atoms with E-state index in [2.05, 4.69) is 23.8 Å². The first kappa shape index (κ1) is 12.8. The maximum atomic E-state index is 9.36. The molecule has 1 N–H and O–H groups in total. The van der Waals surface area contributed by atoms with Crippen LogP contribution < -0.4 is 0 Å². The summed E-state index contributed by atoms with van der Waals surface area (Å²) in [6.45, 7) is 7.94. The molecule has 0 saturated carbocycles. The summed E-state index contributed by atoms with van der Waals surface area (Å²) < 4.78 is 0. The standard InChI is InChI=1S/C13H20N2O/c1-10-8-14-12(15-9-10)5-6-13(3,4)7-11(2)16/h5-6,8-9,11,16H,7H2,1-4H3/b6-5+. The maximum absolute atomic E-state index is 9.36. The number of hydrogen-bond donors (Lipinski definition) is 1. The smallest absolute Gasteiger partial charge is 0.151 e. The van der Waals surface area contributed by atoms with E-state index in [0.29, 0.717) is 5.82 Å². The van der Waals surface area contributed by atoms with Crippen molar-refractivity contribution < 1.29 is 5.11 Å². The average molecular weight is 220 g/mol. The molecule has 3 nitrogen and oxygen atoms in total. The van der Waals surface area contributed by atoms with Crippen molar-refractivity contribution in [1.82, 2.24) is 9.97 Å². The Balaban J connectivity index is 2.68. The fourth-order valence-electron chi connectivity index (χ4n) is 1.62. The first-order valence-electron chi connectivity index (χ1n) is 5.55. The van der Waals surface area contributed by atoms with Crippen LogP contribution in [0.25, 0.3) is 6.08 Å². The van der Waals surface area contributed by atoms with Gasteiger partial charge in [-0.15, -0.1) is 0 Å². The minimum Gasteiger partial charge on any atom is -0.393 e. The molecular weight excluding hydrogens is 200 g/mol. The first-order chi connectivity index (χ1) is 7.39. The van der Waals surface area contributed by atoms with Gasteiger partial charge in [0.15, 0.2) is 5.82 Å². The molecule has 0 aliphatic heterocycles. The van der Waals surface area contributed by atoms with Crippen molar-refractivity contribution in [2.75, 3.05) is 0 Å². The summed E-state index contributed by atoms with van der Waals surface area (Å²) >= 11 is 0. The molecule has 0 saturated heterocycles. The maximum Gasteiger partial charge on any atom is 0.151 e. The number of hydrogen-bond acceptors (Lipinski definition) is 3. The number of aliphatic hydroxyl groups excluding tert-OH is 1. The van der Waals surface area contributed by atoms with Crippen LogP contribution in [0.4, 0.5) is 0 Å². The third-order valence-corrected chi connectivity index (χ3v) is 2.31. The Morgan fingerprint density at radius 3 is 2.44 bits per heavy atom. The number of allylic oxidation sites excluding steroid dienone is 1. The fraction of sp³-hybridized carbons (Fsp3) is 0.538. The molecule has 0 amide bonds. The van der Waals surface area contributed by atoms with Gasteiger partial charge in [-0.25, -0.2) is 9.97 Å². The van der Waals surface area contributed by atoms with Gasteiger partial charge in [0.25, 0.3) is 0 Å². The van der Waals surface area contributed by atoms with Crippen LogP contribution >= 0.6 is 0 Å². The molecule has 1 heterocycles. The largest absolute Gasteiger partial charge is 0.393 e. The topological polar surface area (TPSA) is 46.0 Å². The lowest BCUT2D eigenvalue weighted by atomic mass is 9.86. The Kier molecular flexibility index (Phi) is 4.19. The van der Waals surface area contributed by atoms with E-state index in [1.165, 1.54) is 0 Å². The second-order valence-electron chi connectivity index (χ2n) is 4.99. The number of aromatic nitrogens is 2. The van der Waals surface area contributed by atoms with Crippen LogP contribution in [-0.2, 0) is 0 Å². The number of aryl methyl sites for hydroxylation is 1. The second kappa shape index (κ2) is 5.21. The van der Waals surface area contributed by atoms with Gasteiger partial charge in [-0.2, -0.15) is 0 Å². The molecular formula is C13H20N2O. The van der Waals surface area contributed by atoms with Crippen LogP contribution in [0.5, 0.6) is 0 Å². The zero-order chi connectivity index (χ0) is 12.2. The molecule has 1 unspecified atom stereocenters. The minimum absolute atomic E-state index is 0.0393. The summed E-state index contributed by atoms with van der Waals surface area (Å²) in [5.41, 5.74) is 1.02. The predicted octanol–water partition coefficient (Wildman–Crippen LogP) is 2.60. The molecule has 0 aliphatic carbocycles. The van der Waals surface area contributed by atoms with Gasteiger partial charge < -0.3 is 5.11 Å². The van der Waals surface area contributed by atoms with Crippen LogP contribution in [0.3, 0.4) is 0 Å². The number of aliphatic hydroxyl groups is 1. The van der Waals surface area contributed by atoms with Crippen LogP contribution in [0.1, 0.15) is 38.6 Å². The fourth-order valence-corrected chi connectivity index (χ4v) is 1.62. The van der Waals surface area contributed by atoms with Crippen molar-refractivity contribution in [3.8, 4) is 0 Å². The van der Waals surface area contributed by atoms with Crippen molar-refractivity contribution in [2.24, 2.45) is 5.41 Å². The van der Waals surface area contributed by atoms with Gasteiger partial charge in [0.2, 0.25) is 0 Å². The van der Waals surface area contributed by atoms with Crippen molar-refractivity contribution >= 4 is 6.08 Å². The molecule has 1 aromatic rings. The third kappa shape index (κ3) is 4.53. The van der Waals surface area contributed by atoms with Gasteiger partial charge in [-0.1, -0.05) is 19.9 Å². The van der Waals surface area contributed by atoms with Gasteiger partial charge in [-0.05, 0) is 37.3 Å². The van der Waals surface area contributed by atoms with E-state index in [1.807, 2.05) is 19.1 Å². The van der Waals surface area contributed by atoms with Crippen LogP contribution in [0, 0.1) is 12.3 Å². The Morgan fingerprint density at radius 2 is 1.94 bits per heavy atom. The van der Waals surface area contributed by atoms with Crippen molar-refractivity contribution in [3.63, 3.8) is 0 Å². The van der Waals surface area contributed by atoms with Crippen molar-refractivity contribution in [2.45, 2.75) is 40.2 Å². The quantitative estimate of drug-likeness (QED) is 0.848. The van der Waals surface area contributed by atoms with E-state index in [1.54, 1.807) is 19.3 Å². The van der Waals surface area contributed by atoms with Gasteiger partial charge in [0, 0.05) is 12.4 Å². The molecule has 0 bridgehead atoms. The normalized spacial score (nSPS) is 14.3. The molecule has 0 radical (unpaired) electrons. The summed E-state index contributed by atoms with van der Waals surface area (Å²) in [7, 11) is 0. The second-order valence-corrected chi connectivity index (χ2v) is 4.99. The van der Waals surface area contributed by atoms with Gasteiger partial charge in [0.1, 0.15) is 0 Å². The summed E-state index contributed by atoms with van der Waals surface area (Å²) in [6, 6.07) is 0. The minimum atomic E-state index is -0.293. The van der Waals surface area contributed by atoms with Crippen molar-refractivity contribution in [3.05, 3.63) is 29.9 Å². The van der Waals surface area contributed by atoms with E-state index in [9.17, 15) is 5.11 Å². The predicted molar refractivity (Wildman–Crippen MR) is 65.9 cm³/mol. The summed E-state index contributed by atoms with van der Waals surface area (Å²) in [4.78, 5) is 8.40. The molecule has 1 rings (SSSR count). The lowest BCUT2D eigenvalue weighted by Crippen LogP contribution is -2.15. The lowest BCUT2D eigenvalue weighted by Gasteiger charge is -2.21.